The van der Waals surface area contributed by atoms with E-state index >= 15 is 0 Å². The Hall–Kier alpha value is -1.44. The summed E-state index contributed by atoms with van der Waals surface area (Å²) in [5, 5.41) is 9.44. The van der Waals surface area contributed by atoms with Crippen LogP contribution in [-0.4, -0.2) is 50.1 Å². The van der Waals surface area contributed by atoms with Crippen LogP contribution in [0.4, 0.5) is 0 Å². The highest BCUT2D eigenvalue weighted by molar-refractivity contribution is 7.89. The summed E-state index contributed by atoms with van der Waals surface area (Å²) in [5.41, 5.74) is 0.460. The number of nitrogens with zero attached hydrogens (tertiary/aromatic N) is 1. The van der Waals surface area contributed by atoms with E-state index in [0.29, 0.717) is 38.0 Å². The molecule has 0 unspecified atom stereocenters. The number of rotatable bonds is 4. The van der Waals surface area contributed by atoms with Gasteiger partial charge in [-0.3, -0.25) is 4.79 Å². The molecule has 116 valence electrons. The van der Waals surface area contributed by atoms with Crippen molar-refractivity contribution in [1.82, 2.24) is 9.62 Å². The Bertz CT molecular complexity index is 590. The van der Waals surface area contributed by atoms with E-state index in [1.54, 1.807) is 11.8 Å². The van der Waals surface area contributed by atoms with Crippen molar-refractivity contribution < 1.29 is 18.3 Å². The standard InChI is InChI=1S/C14H20N2O4S/c1-2-15-21(19,20)13-5-3-11(4-6-13)14(18)16-9-7-12(17)8-10-16/h3-6,12,15,17H,2,7-10H2,1H3. The van der Waals surface area contributed by atoms with E-state index < -0.39 is 10.0 Å². The molecular weight excluding hydrogens is 292 g/mol. The number of hydrogen-bond donors (Lipinski definition) is 2. The molecule has 6 nitrogen and oxygen atoms in total. The van der Waals surface area contributed by atoms with Crippen LogP contribution in [0.3, 0.4) is 0 Å². The van der Waals surface area contributed by atoms with E-state index in [1.807, 2.05) is 0 Å². The summed E-state index contributed by atoms with van der Waals surface area (Å²) < 4.78 is 26.0. The lowest BCUT2D eigenvalue weighted by molar-refractivity contribution is 0.0546. The average Bonchev–Trinajstić information content (AvgIpc) is 2.47. The van der Waals surface area contributed by atoms with Crippen LogP contribution in [0.15, 0.2) is 29.2 Å². The minimum Gasteiger partial charge on any atom is -0.393 e. The van der Waals surface area contributed by atoms with Gasteiger partial charge in [-0.15, -0.1) is 0 Å². The quantitative estimate of drug-likeness (QED) is 0.851. The van der Waals surface area contributed by atoms with Gasteiger partial charge in [0.2, 0.25) is 10.0 Å². The van der Waals surface area contributed by atoms with Crippen molar-refractivity contribution in [3.63, 3.8) is 0 Å². The third-order valence-electron chi connectivity index (χ3n) is 3.50. The highest BCUT2D eigenvalue weighted by Gasteiger charge is 2.22. The van der Waals surface area contributed by atoms with Gasteiger partial charge in [-0.1, -0.05) is 6.92 Å². The van der Waals surface area contributed by atoms with E-state index in [2.05, 4.69) is 4.72 Å². The first kappa shape index (κ1) is 15.9. The molecule has 0 saturated carbocycles. The Balaban J connectivity index is 2.10. The topological polar surface area (TPSA) is 86.7 Å². The van der Waals surface area contributed by atoms with Crippen LogP contribution < -0.4 is 4.72 Å². The first-order valence-corrected chi connectivity index (χ1v) is 8.49. The fourth-order valence-electron chi connectivity index (χ4n) is 2.30. The molecule has 1 aromatic carbocycles. The van der Waals surface area contributed by atoms with Gasteiger partial charge in [0.1, 0.15) is 0 Å². The molecule has 0 radical (unpaired) electrons. The molecule has 7 heteroatoms. The van der Waals surface area contributed by atoms with Gasteiger partial charge in [0.15, 0.2) is 0 Å². The molecule has 0 bridgehead atoms. The SMILES string of the molecule is CCNS(=O)(=O)c1ccc(C(=O)N2CCC(O)CC2)cc1. The third-order valence-corrected chi connectivity index (χ3v) is 5.06. The number of benzene rings is 1. The zero-order chi connectivity index (χ0) is 15.5. The molecule has 1 heterocycles. The molecule has 2 N–H and O–H groups in total. The summed E-state index contributed by atoms with van der Waals surface area (Å²) in [4.78, 5) is 14.1. The summed E-state index contributed by atoms with van der Waals surface area (Å²) in [5.74, 6) is -0.130. The van der Waals surface area contributed by atoms with Crippen LogP contribution in [-0.2, 0) is 10.0 Å². The molecular formula is C14H20N2O4S. The molecule has 1 aliphatic heterocycles. The monoisotopic (exact) mass is 312 g/mol. The zero-order valence-corrected chi connectivity index (χ0v) is 12.8. The van der Waals surface area contributed by atoms with Crippen molar-refractivity contribution in [1.29, 1.82) is 0 Å². The first-order valence-electron chi connectivity index (χ1n) is 7.01. The average molecular weight is 312 g/mol. The van der Waals surface area contributed by atoms with Gasteiger partial charge in [0.05, 0.1) is 11.0 Å². The molecule has 0 aromatic heterocycles. The van der Waals surface area contributed by atoms with E-state index in [1.165, 1.54) is 24.3 Å². The highest BCUT2D eigenvalue weighted by atomic mass is 32.2. The van der Waals surface area contributed by atoms with Gasteiger partial charge in [-0.25, -0.2) is 13.1 Å². The number of amides is 1. The number of piperidine rings is 1. The van der Waals surface area contributed by atoms with Crippen molar-refractivity contribution in [2.45, 2.75) is 30.8 Å². The molecule has 1 aromatic rings. The summed E-state index contributed by atoms with van der Waals surface area (Å²) >= 11 is 0. The summed E-state index contributed by atoms with van der Waals surface area (Å²) in [6, 6.07) is 5.92. The lowest BCUT2D eigenvalue weighted by Gasteiger charge is -2.29. The maximum absolute atomic E-state index is 12.3. The van der Waals surface area contributed by atoms with Gasteiger partial charge in [-0.2, -0.15) is 0 Å². The minimum atomic E-state index is -3.49. The second kappa shape index (κ2) is 6.55. The van der Waals surface area contributed by atoms with Crippen LogP contribution >= 0.6 is 0 Å². The number of nitrogens with one attached hydrogen (secondary N) is 1. The predicted octanol–water partition coefficient (Wildman–Crippen LogP) is 0.582. The largest absolute Gasteiger partial charge is 0.393 e. The molecule has 1 saturated heterocycles. The fraction of sp³-hybridized carbons (Fsp3) is 0.500. The number of sulfonamides is 1. The number of likely N-dealkylation sites (tertiary alicyclic amines) is 1. The van der Waals surface area contributed by atoms with Crippen molar-refractivity contribution in [3.05, 3.63) is 29.8 Å². The number of hydrogen-bond acceptors (Lipinski definition) is 4. The van der Waals surface area contributed by atoms with Gasteiger partial charge in [0, 0.05) is 25.2 Å². The highest BCUT2D eigenvalue weighted by Crippen LogP contribution is 2.16. The molecule has 0 aliphatic carbocycles. The predicted molar refractivity (Wildman–Crippen MR) is 78.4 cm³/mol. The molecule has 2 rings (SSSR count). The van der Waals surface area contributed by atoms with Crippen LogP contribution in [0.5, 0.6) is 0 Å². The lowest BCUT2D eigenvalue weighted by atomic mass is 10.1. The lowest BCUT2D eigenvalue weighted by Crippen LogP contribution is -2.40. The van der Waals surface area contributed by atoms with Crippen molar-refractivity contribution in [2.75, 3.05) is 19.6 Å². The maximum Gasteiger partial charge on any atom is 0.253 e. The van der Waals surface area contributed by atoms with E-state index in [4.69, 9.17) is 0 Å². The van der Waals surface area contributed by atoms with Crippen molar-refractivity contribution in [3.8, 4) is 0 Å². The summed E-state index contributed by atoms with van der Waals surface area (Å²) in [7, 11) is -3.49. The number of aliphatic hydroxyl groups excluding tert-OH is 1. The molecule has 1 fully saturated rings. The first-order chi connectivity index (χ1) is 9.94. The Morgan fingerprint density at radius 2 is 1.86 bits per heavy atom. The van der Waals surface area contributed by atoms with Crippen LogP contribution in [0.25, 0.3) is 0 Å². The molecule has 0 spiro atoms. The van der Waals surface area contributed by atoms with Gasteiger partial charge in [0.25, 0.3) is 5.91 Å². The normalized spacial score (nSPS) is 17.0. The fourth-order valence-corrected chi connectivity index (χ4v) is 3.34. The second-order valence-electron chi connectivity index (χ2n) is 5.05. The Kier molecular flexibility index (Phi) is 4.97. The van der Waals surface area contributed by atoms with E-state index in [0.717, 1.165) is 0 Å². The number of carbonyl (C=O) groups excluding carboxylic acids is 1. The third kappa shape index (κ3) is 3.81. The van der Waals surface area contributed by atoms with Gasteiger partial charge < -0.3 is 10.0 Å². The van der Waals surface area contributed by atoms with Crippen LogP contribution in [0.1, 0.15) is 30.1 Å². The minimum absolute atomic E-state index is 0.130. The molecule has 1 amide bonds. The zero-order valence-electron chi connectivity index (χ0n) is 11.9. The van der Waals surface area contributed by atoms with E-state index in [-0.39, 0.29) is 16.9 Å². The van der Waals surface area contributed by atoms with Gasteiger partial charge >= 0.3 is 0 Å². The van der Waals surface area contributed by atoms with Crippen molar-refractivity contribution >= 4 is 15.9 Å². The second-order valence-corrected chi connectivity index (χ2v) is 6.82. The van der Waals surface area contributed by atoms with Crippen LogP contribution in [0, 0.1) is 0 Å². The number of aliphatic hydroxyl groups is 1. The Morgan fingerprint density at radius 1 is 1.29 bits per heavy atom. The van der Waals surface area contributed by atoms with Crippen molar-refractivity contribution in [2.24, 2.45) is 0 Å². The summed E-state index contributed by atoms with van der Waals surface area (Å²) in [6.07, 6.45) is 0.832. The molecule has 21 heavy (non-hydrogen) atoms. The summed E-state index contributed by atoms with van der Waals surface area (Å²) in [6.45, 7) is 3.08. The van der Waals surface area contributed by atoms with E-state index in [9.17, 15) is 18.3 Å². The number of carbonyl (C=O) groups is 1. The molecule has 0 atom stereocenters. The Labute approximate surface area is 124 Å². The Morgan fingerprint density at radius 3 is 2.38 bits per heavy atom. The maximum atomic E-state index is 12.3. The van der Waals surface area contributed by atoms with Crippen LogP contribution in [0.2, 0.25) is 0 Å². The van der Waals surface area contributed by atoms with Gasteiger partial charge in [-0.05, 0) is 37.1 Å². The smallest absolute Gasteiger partial charge is 0.253 e. The molecule has 1 aliphatic rings.